The normalized spacial score (nSPS) is 11.3. The zero-order chi connectivity index (χ0) is 13.5. The van der Waals surface area contributed by atoms with E-state index in [9.17, 15) is 0 Å². The van der Waals surface area contributed by atoms with Crippen molar-refractivity contribution in [1.29, 1.82) is 0 Å². The third-order valence-electron chi connectivity index (χ3n) is 3.26. The van der Waals surface area contributed by atoms with Crippen LogP contribution in [0.5, 0.6) is 0 Å². The number of unbranched alkanes of at least 4 members (excludes halogenated alkanes) is 2. The van der Waals surface area contributed by atoms with Gasteiger partial charge in [-0.05, 0) is 19.5 Å². The lowest BCUT2D eigenvalue weighted by Gasteiger charge is -2.05. The van der Waals surface area contributed by atoms with Crippen LogP contribution in [0.4, 0.5) is 0 Å². The van der Waals surface area contributed by atoms with Crippen molar-refractivity contribution >= 4 is 11.0 Å². The summed E-state index contributed by atoms with van der Waals surface area (Å²) in [6.45, 7) is 4.40. The molecule has 0 radical (unpaired) electrons. The van der Waals surface area contributed by atoms with Gasteiger partial charge < -0.3 is 14.5 Å². The van der Waals surface area contributed by atoms with Crippen molar-refractivity contribution in [3.63, 3.8) is 0 Å². The molecule has 1 N–H and O–H groups in total. The standard InChI is InChI=1S/C16H23NO2/c1-3-4-7-10-18-12-14-13-8-5-6-9-15(13)19-16(14)11-17-2/h5-6,8-9,17H,3-4,7,10-12H2,1-2H3. The summed E-state index contributed by atoms with van der Waals surface area (Å²) in [7, 11) is 1.93. The van der Waals surface area contributed by atoms with E-state index in [0.717, 1.165) is 30.9 Å². The average Bonchev–Trinajstić information content (AvgIpc) is 2.77. The first kappa shape index (κ1) is 14.1. The Morgan fingerprint density at radius 2 is 2.05 bits per heavy atom. The topological polar surface area (TPSA) is 34.4 Å². The van der Waals surface area contributed by atoms with E-state index < -0.39 is 0 Å². The maximum Gasteiger partial charge on any atom is 0.134 e. The molecule has 0 bridgehead atoms. The molecule has 19 heavy (non-hydrogen) atoms. The molecule has 0 atom stereocenters. The van der Waals surface area contributed by atoms with Crippen LogP contribution in [0.2, 0.25) is 0 Å². The molecule has 1 heterocycles. The summed E-state index contributed by atoms with van der Waals surface area (Å²) in [5.74, 6) is 0.985. The van der Waals surface area contributed by atoms with Gasteiger partial charge in [-0.1, -0.05) is 38.0 Å². The van der Waals surface area contributed by atoms with Crippen LogP contribution in [0.3, 0.4) is 0 Å². The highest BCUT2D eigenvalue weighted by Crippen LogP contribution is 2.26. The van der Waals surface area contributed by atoms with Gasteiger partial charge in [-0.25, -0.2) is 0 Å². The quantitative estimate of drug-likeness (QED) is 0.733. The number of ether oxygens (including phenoxy) is 1. The zero-order valence-electron chi connectivity index (χ0n) is 11.9. The monoisotopic (exact) mass is 261 g/mol. The second-order valence-electron chi connectivity index (χ2n) is 4.79. The molecule has 3 heteroatoms. The van der Waals surface area contributed by atoms with Crippen molar-refractivity contribution in [1.82, 2.24) is 5.32 Å². The fourth-order valence-corrected chi connectivity index (χ4v) is 2.24. The van der Waals surface area contributed by atoms with Crippen LogP contribution >= 0.6 is 0 Å². The molecular weight excluding hydrogens is 238 g/mol. The van der Waals surface area contributed by atoms with E-state index in [2.05, 4.69) is 18.3 Å². The van der Waals surface area contributed by atoms with E-state index in [1.165, 1.54) is 23.8 Å². The maximum atomic E-state index is 5.88. The number of rotatable bonds is 8. The van der Waals surface area contributed by atoms with Gasteiger partial charge in [0.25, 0.3) is 0 Å². The van der Waals surface area contributed by atoms with Crippen LogP contribution in [0.25, 0.3) is 11.0 Å². The largest absolute Gasteiger partial charge is 0.459 e. The molecule has 0 saturated heterocycles. The first-order valence-electron chi connectivity index (χ1n) is 7.08. The number of hydrogen-bond acceptors (Lipinski definition) is 3. The second-order valence-corrected chi connectivity index (χ2v) is 4.79. The van der Waals surface area contributed by atoms with Gasteiger partial charge in [0.2, 0.25) is 0 Å². The third-order valence-corrected chi connectivity index (χ3v) is 3.26. The van der Waals surface area contributed by atoms with Crippen LogP contribution in [-0.4, -0.2) is 13.7 Å². The molecule has 2 aromatic rings. The van der Waals surface area contributed by atoms with Crippen molar-refractivity contribution in [2.45, 2.75) is 39.3 Å². The number of benzene rings is 1. The van der Waals surface area contributed by atoms with Gasteiger partial charge in [0.05, 0.1) is 13.2 Å². The molecule has 0 aliphatic heterocycles. The fraction of sp³-hybridized carbons (Fsp3) is 0.500. The van der Waals surface area contributed by atoms with E-state index in [4.69, 9.17) is 9.15 Å². The van der Waals surface area contributed by atoms with Crippen LogP contribution < -0.4 is 5.32 Å². The molecule has 0 aliphatic carbocycles. The summed E-state index contributed by atoms with van der Waals surface area (Å²) >= 11 is 0. The molecule has 3 nitrogen and oxygen atoms in total. The van der Waals surface area contributed by atoms with Crippen LogP contribution in [0.15, 0.2) is 28.7 Å². The minimum absolute atomic E-state index is 0.637. The minimum Gasteiger partial charge on any atom is -0.459 e. The summed E-state index contributed by atoms with van der Waals surface area (Å²) in [4.78, 5) is 0. The summed E-state index contributed by atoms with van der Waals surface area (Å²) in [5.41, 5.74) is 2.13. The van der Waals surface area contributed by atoms with Crippen molar-refractivity contribution in [2.24, 2.45) is 0 Å². The Labute approximate surface area is 114 Å². The van der Waals surface area contributed by atoms with Gasteiger partial charge in [0.1, 0.15) is 11.3 Å². The Hall–Kier alpha value is -1.32. The van der Waals surface area contributed by atoms with Crippen molar-refractivity contribution < 1.29 is 9.15 Å². The lowest BCUT2D eigenvalue weighted by atomic mass is 10.1. The van der Waals surface area contributed by atoms with E-state index in [1.54, 1.807) is 0 Å². The molecular formula is C16H23NO2. The van der Waals surface area contributed by atoms with Gasteiger partial charge >= 0.3 is 0 Å². The Balaban J connectivity index is 2.08. The Bertz CT molecular complexity index is 504. The lowest BCUT2D eigenvalue weighted by Crippen LogP contribution is -2.07. The molecule has 0 spiro atoms. The van der Waals surface area contributed by atoms with E-state index >= 15 is 0 Å². The first-order chi connectivity index (χ1) is 9.36. The molecule has 0 amide bonds. The number of furan rings is 1. The van der Waals surface area contributed by atoms with Crippen LogP contribution in [0.1, 0.15) is 37.5 Å². The highest BCUT2D eigenvalue weighted by molar-refractivity contribution is 5.82. The molecule has 104 valence electrons. The van der Waals surface area contributed by atoms with E-state index in [0.29, 0.717) is 6.61 Å². The number of nitrogens with one attached hydrogen (secondary N) is 1. The highest BCUT2D eigenvalue weighted by Gasteiger charge is 2.12. The SMILES string of the molecule is CCCCCOCc1c(CNC)oc2ccccc12. The van der Waals surface area contributed by atoms with Crippen molar-refractivity contribution in [2.75, 3.05) is 13.7 Å². The summed E-state index contributed by atoms with van der Waals surface area (Å²) in [5, 5.41) is 4.32. The summed E-state index contributed by atoms with van der Waals surface area (Å²) < 4.78 is 11.7. The van der Waals surface area contributed by atoms with Crippen LogP contribution in [-0.2, 0) is 17.9 Å². The average molecular weight is 261 g/mol. The Morgan fingerprint density at radius 1 is 1.21 bits per heavy atom. The van der Waals surface area contributed by atoms with E-state index in [1.807, 2.05) is 25.2 Å². The first-order valence-corrected chi connectivity index (χ1v) is 7.08. The predicted molar refractivity (Wildman–Crippen MR) is 78.2 cm³/mol. The Morgan fingerprint density at radius 3 is 2.84 bits per heavy atom. The van der Waals surface area contributed by atoms with Gasteiger partial charge in [0, 0.05) is 17.6 Å². The number of hydrogen-bond donors (Lipinski definition) is 1. The third kappa shape index (κ3) is 3.58. The molecule has 1 aromatic heterocycles. The molecule has 2 rings (SSSR count). The molecule has 0 unspecified atom stereocenters. The molecule has 1 aromatic carbocycles. The lowest BCUT2D eigenvalue weighted by molar-refractivity contribution is 0.116. The van der Waals surface area contributed by atoms with E-state index in [-0.39, 0.29) is 0 Å². The number of fused-ring (bicyclic) bond motifs is 1. The summed E-state index contributed by atoms with van der Waals surface area (Å²) in [6, 6.07) is 8.15. The molecule has 0 aliphatic rings. The predicted octanol–water partition coefficient (Wildman–Crippen LogP) is 3.86. The molecule has 0 fully saturated rings. The minimum atomic E-state index is 0.637. The maximum absolute atomic E-state index is 5.88. The summed E-state index contributed by atoms with van der Waals surface area (Å²) in [6.07, 6.45) is 3.59. The zero-order valence-corrected chi connectivity index (χ0v) is 11.9. The van der Waals surface area contributed by atoms with Crippen molar-refractivity contribution in [3.05, 3.63) is 35.6 Å². The van der Waals surface area contributed by atoms with Gasteiger partial charge in [0.15, 0.2) is 0 Å². The van der Waals surface area contributed by atoms with Gasteiger partial charge in [-0.15, -0.1) is 0 Å². The van der Waals surface area contributed by atoms with Gasteiger partial charge in [-0.3, -0.25) is 0 Å². The van der Waals surface area contributed by atoms with Crippen LogP contribution in [0, 0.1) is 0 Å². The Kier molecular flexibility index (Phi) is 5.43. The second kappa shape index (κ2) is 7.31. The number of para-hydroxylation sites is 1. The fourth-order valence-electron chi connectivity index (χ4n) is 2.24. The smallest absolute Gasteiger partial charge is 0.134 e. The van der Waals surface area contributed by atoms with Gasteiger partial charge in [-0.2, -0.15) is 0 Å². The highest BCUT2D eigenvalue weighted by atomic mass is 16.5. The molecule has 0 saturated carbocycles. The van der Waals surface area contributed by atoms with Crippen molar-refractivity contribution in [3.8, 4) is 0 Å².